The van der Waals surface area contributed by atoms with Crippen LogP contribution < -0.4 is 0 Å². The van der Waals surface area contributed by atoms with E-state index in [1.165, 1.54) is 0 Å². The number of ether oxygens (including phenoxy) is 1. The molecule has 0 aromatic heterocycles. The van der Waals surface area contributed by atoms with Gasteiger partial charge in [0.2, 0.25) is 0 Å². The first kappa shape index (κ1) is 7.10. The lowest BCUT2D eigenvalue weighted by molar-refractivity contribution is 0.338. The maximum Gasteiger partial charge on any atom is 0.0908 e. The van der Waals surface area contributed by atoms with Crippen molar-refractivity contribution in [2.24, 2.45) is 0 Å². The molecule has 1 heteroatoms. The Balaban J connectivity index is 3.26. The Labute approximate surface area is 50.4 Å². The molecule has 0 aromatic carbocycles. The summed E-state index contributed by atoms with van der Waals surface area (Å²) in [5, 5.41) is 0. The summed E-state index contributed by atoms with van der Waals surface area (Å²) in [7, 11) is 1.60. The SMILES string of the molecule is CCC#CC=COC. The number of allylic oxidation sites excluding steroid dienone is 1. The molecule has 0 spiro atoms. The van der Waals surface area contributed by atoms with Gasteiger partial charge >= 0.3 is 0 Å². The zero-order chi connectivity index (χ0) is 6.24. The number of methoxy groups -OCH3 is 1. The number of hydrogen-bond donors (Lipinski definition) is 0. The van der Waals surface area contributed by atoms with E-state index < -0.39 is 0 Å². The van der Waals surface area contributed by atoms with E-state index in [2.05, 4.69) is 16.6 Å². The molecule has 0 saturated heterocycles. The molecule has 1 nitrogen and oxygen atoms in total. The number of rotatable bonds is 1. The predicted molar refractivity (Wildman–Crippen MR) is 34.2 cm³/mol. The second-order valence-electron chi connectivity index (χ2n) is 1.21. The third-order valence-electron chi connectivity index (χ3n) is 0.566. The van der Waals surface area contributed by atoms with Gasteiger partial charge < -0.3 is 4.74 Å². The van der Waals surface area contributed by atoms with Gasteiger partial charge in [-0.15, -0.1) is 0 Å². The first-order valence-corrected chi connectivity index (χ1v) is 2.58. The summed E-state index contributed by atoms with van der Waals surface area (Å²) in [6.45, 7) is 2.01. The Bertz CT molecular complexity index is 114. The van der Waals surface area contributed by atoms with Crippen molar-refractivity contribution >= 4 is 0 Å². The Morgan fingerprint density at radius 1 is 1.62 bits per heavy atom. The maximum atomic E-state index is 4.61. The van der Waals surface area contributed by atoms with Crippen LogP contribution in [0, 0.1) is 11.8 Å². The lowest BCUT2D eigenvalue weighted by Gasteiger charge is -1.77. The molecule has 0 aromatic rings. The molecule has 0 radical (unpaired) electrons. The fraction of sp³-hybridized carbons (Fsp3) is 0.429. The van der Waals surface area contributed by atoms with Crippen LogP contribution in [0.2, 0.25) is 0 Å². The van der Waals surface area contributed by atoms with Crippen molar-refractivity contribution in [1.29, 1.82) is 0 Å². The van der Waals surface area contributed by atoms with E-state index in [0.29, 0.717) is 0 Å². The standard InChI is InChI=1S/C7H10O/c1-3-4-5-6-7-8-2/h6-7H,3H2,1-2H3. The summed E-state index contributed by atoms with van der Waals surface area (Å²) in [6, 6.07) is 0. The molecule has 0 aliphatic heterocycles. The quantitative estimate of drug-likeness (QED) is 0.367. The molecule has 0 saturated carbocycles. The van der Waals surface area contributed by atoms with E-state index >= 15 is 0 Å². The summed E-state index contributed by atoms with van der Waals surface area (Å²) < 4.78 is 4.61. The Morgan fingerprint density at radius 2 is 2.38 bits per heavy atom. The van der Waals surface area contributed by atoms with Gasteiger partial charge in [0.25, 0.3) is 0 Å². The molecule has 0 aliphatic rings. The zero-order valence-corrected chi connectivity index (χ0v) is 5.27. The molecule has 0 rings (SSSR count). The van der Waals surface area contributed by atoms with Gasteiger partial charge in [0.05, 0.1) is 13.4 Å². The van der Waals surface area contributed by atoms with E-state index in [9.17, 15) is 0 Å². The van der Waals surface area contributed by atoms with Crippen molar-refractivity contribution in [3.05, 3.63) is 12.3 Å². The Morgan fingerprint density at radius 3 is 2.88 bits per heavy atom. The molecule has 0 heterocycles. The van der Waals surface area contributed by atoms with E-state index in [1.54, 1.807) is 19.4 Å². The molecule has 0 N–H and O–H groups in total. The van der Waals surface area contributed by atoms with Crippen LogP contribution in [0.3, 0.4) is 0 Å². The second kappa shape index (κ2) is 6.10. The summed E-state index contributed by atoms with van der Waals surface area (Å²) in [6.07, 6.45) is 4.14. The molecule has 0 unspecified atom stereocenters. The fourth-order valence-electron chi connectivity index (χ4n) is 0.263. The molecular weight excluding hydrogens is 100 g/mol. The zero-order valence-electron chi connectivity index (χ0n) is 5.27. The van der Waals surface area contributed by atoms with Crippen LogP contribution >= 0.6 is 0 Å². The van der Waals surface area contributed by atoms with Gasteiger partial charge in [0.15, 0.2) is 0 Å². The van der Waals surface area contributed by atoms with Gasteiger partial charge in [-0.25, -0.2) is 0 Å². The minimum absolute atomic E-state index is 0.897. The summed E-state index contributed by atoms with van der Waals surface area (Å²) in [5.74, 6) is 5.65. The van der Waals surface area contributed by atoms with E-state index in [4.69, 9.17) is 0 Å². The first-order valence-electron chi connectivity index (χ1n) is 2.58. The second-order valence-corrected chi connectivity index (χ2v) is 1.21. The van der Waals surface area contributed by atoms with Gasteiger partial charge in [-0.2, -0.15) is 0 Å². The Hall–Kier alpha value is -0.900. The molecule has 0 atom stereocenters. The van der Waals surface area contributed by atoms with E-state index in [-0.39, 0.29) is 0 Å². The van der Waals surface area contributed by atoms with Gasteiger partial charge in [0, 0.05) is 12.5 Å². The van der Waals surface area contributed by atoms with Crippen molar-refractivity contribution in [2.75, 3.05) is 7.11 Å². The van der Waals surface area contributed by atoms with Crippen molar-refractivity contribution in [3.8, 4) is 11.8 Å². The molecular formula is C7H10O. The van der Waals surface area contributed by atoms with Crippen molar-refractivity contribution in [3.63, 3.8) is 0 Å². The lowest BCUT2D eigenvalue weighted by Crippen LogP contribution is -1.61. The third-order valence-corrected chi connectivity index (χ3v) is 0.566. The maximum absolute atomic E-state index is 4.61. The van der Waals surface area contributed by atoms with Crippen LogP contribution in [0.5, 0.6) is 0 Å². The highest BCUT2D eigenvalue weighted by molar-refractivity contribution is 5.12. The minimum atomic E-state index is 0.897. The minimum Gasteiger partial charge on any atom is -0.504 e. The van der Waals surface area contributed by atoms with Crippen LogP contribution in [-0.4, -0.2) is 7.11 Å². The van der Waals surface area contributed by atoms with Crippen molar-refractivity contribution in [1.82, 2.24) is 0 Å². The summed E-state index contributed by atoms with van der Waals surface area (Å²) >= 11 is 0. The van der Waals surface area contributed by atoms with Crippen LogP contribution in [0.15, 0.2) is 12.3 Å². The van der Waals surface area contributed by atoms with Crippen molar-refractivity contribution in [2.45, 2.75) is 13.3 Å². The van der Waals surface area contributed by atoms with Gasteiger partial charge in [-0.05, 0) is 0 Å². The highest BCUT2D eigenvalue weighted by atomic mass is 16.5. The topological polar surface area (TPSA) is 9.23 Å². The molecule has 0 aliphatic carbocycles. The predicted octanol–water partition coefficient (Wildman–Crippen LogP) is 1.56. The molecule has 0 bridgehead atoms. The Kier molecular flexibility index (Phi) is 5.41. The van der Waals surface area contributed by atoms with E-state index in [1.807, 2.05) is 6.92 Å². The molecule has 44 valence electrons. The normalized spacial score (nSPS) is 8.25. The monoisotopic (exact) mass is 110 g/mol. The summed E-state index contributed by atoms with van der Waals surface area (Å²) in [5.41, 5.74) is 0. The van der Waals surface area contributed by atoms with Gasteiger partial charge in [-0.1, -0.05) is 18.8 Å². The van der Waals surface area contributed by atoms with Crippen LogP contribution in [0.25, 0.3) is 0 Å². The molecule has 0 fully saturated rings. The average molecular weight is 110 g/mol. The number of hydrogen-bond acceptors (Lipinski definition) is 1. The van der Waals surface area contributed by atoms with Crippen LogP contribution in [0.4, 0.5) is 0 Å². The third kappa shape index (κ3) is 5.10. The lowest BCUT2D eigenvalue weighted by atomic mass is 10.5. The van der Waals surface area contributed by atoms with Crippen LogP contribution in [0.1, 0.15) is 13.3 Å². The molecule has 8 heavy (non-hydrogen) atoms. The van der Waals surface area contributed by atoms with Crippen molar-refractivity contribution < 1.29 is 4.74 Å². The van der Waals surface area contributed by atoms with Gasteiger partial charge in [0.1, 0.15) is 0 Å². The highest BCUT2D eigenvalue weighted by Crippen LogP contribution is 1.71. The molecule has 0 amide bonds. The largest absolute Gasteiger partial charge is 0.504 e. The average Bonchev–Trinajstić information content (AvgIpc) is 1.81. The fourth-order valence-corrected chi connectivity index (χ4v) is 0.263. The van der Waals surface area contributed by atoms with E-state index in [0.717, 1.165) is 6.42 Å². The smallest absolute Gasteiger partial charge is 0.0908 e. The van der Waals surface area contributed by atoms with Crippen LogP contribution in [-0.2, 0) is 4.74 Å². The first-order chi connectivity index (χ1) is 3.91. The van der Waals surface area contributed by atoms with Gasteiger partial charge in [-0.3, -0.25) is 0 Å². The highest BCUT2D eigenvalue weighted by Gasteiger charge is 1.58. The summed E-state index contributed by atoms with van der Waals surface area (Å²) in [4.78, 5) is 0.